The molecule has 19 heavy (non-hydrogen) atoms. The number of amides is 1. The van der Waals surface area contributed by atoms with Crippen LogP contribution in [0.5, 0.6) is 0 Å². The first-order valence-corrected chi connectivity index (χ1v) is 6.50. The van der Waals surface area contributed by atoms with Gasteiger partial charge in [0.05, 0.1) is 5.69 Å². The van der Waals surface area contributed by atoms with E-state index in [1.807, 2.05) is 4.57 Å². The largest absolute Gasteiger partial charge is 0.397 e. The lowest BCUT2D eigenvalue weighted by Crippen LogP contribution is -2.16. The van der Waals surface area contributed by atoms with Gasteiger partial charge in [-0.05, 0) is 30.7 Å². The smallest absolute Gasteiger partial charge is 0.272 e. The molecule has 0 saturated carbocycles. The van der Waals surface area contributed by atoms with Crippen LogP contribution in [0.2, 0.25) is 5.02 Å². The van der Waals surface area contributed by atoms with E-state index in [4.69, 9.17) is 17.3 Å². The van der Waals surface area contributed by atoms with Gasteiger partial charge in [0, 0.05) is 23.5 Å². The van der Waals surface area contributed by atoms with Crippen LogP contribution in [0.3, 0.4) is 0 Å². The fraction of sp³-hybridized carbons (Fsp3) is 0.214. The van der Waals surface area contributed by atoms with Gasteiger partial charge >= 0.3 is 0 Å². The van der Waals surface area contributed by atoms with Gasteiger partial charge in [0.15, 0.2) is 0 Å². The van der Waals surface area contributed by atoms with Crippen molar-refractivity contribution < 1.29 is 4.79 Å². The van der Waals surface area contributed by atoms with Crippen LogP contribution in [0.25, 0.3) is 0 Å². The first kappa shape index (κ1) is 13.5. The summed E-state index contributed by atoms with van der Waals surface area (Å²) in [6.07, 6.45) is 2.71. The fourth-order valence-electron chi connectivity index (χ4n) is 1.91. The van der Waals surface area contributed by atoms with E-state index >= 15 is 0 Å². The predicted octanol–water partition coefficient (Wildman–Crippen LogP) is 3.39. The molecule has 1 aromatic heterocycles. The quantitative estimate of drug-likeness (QED) is 0.900. The van der Waals surface area contributed by atoms with Gasteiger partial charge in [-0.2, -0.15) is 0 Å². The monoisotopic (exact) mass is 277 g/mol. The zero-order chi connectivity index (χ0) is 13.8. The van der Waals surface area contributed by atoms with Gasteiger partial charge in [-0.25, -0.2) is 0 Å². The number of nitrogens with zero attached hydrogens (tertiary/aromatic N) is 1. The SMILES string of the molecule is CCCn1cc(N)cc1C(=O)Nc1cccc(Cl)c1. The summed E-state index contributed by atoms with van der Waals surface area (Å²) in [5.74, 6) is -0.188. The fourth-order valence-corrected chi connectivity index (χ4v) is 2.10. The maximum atomic E-state index is 12.2. The Morgan fingerprint density at radius 2 is 2.21 bits per heavy atom. The maximum Gasteiger partial charge on any atom is 0.272 e. The topological polar surface area (TPSA) is 60.0 Å². The van der Waals surface area contributed by atoms with E-state index in [1.165, 1.54) is 0 Å². The first-order chi connectivity index (χ1) is 9.10. The van der Waals surface area contributed by atoms with Crippen LogP contribution in [-0.4, -0.2) is 10.5 Å². The van der Waals surface area contributed by atoms with Crippen LogP contribution in [0.1, 0.15) is 23.8 Å². The number of nitrogen functional groups attached to an aromatic ring is 1. The molecule has 2 rings (SSSR count). The molecule has 3 N–H and O–H groups in total. The Morgan fingerprint density at radius 1 is 1.42 bits per heavy atom. The molecule has 5 heteroatoms. The molecule has 1 aromatic carbocycles. The van der Waals surface area contributed by atoms with E-state index in [0.29, 0.717) is 22.1 Å². The van der Waals surface area contributed by atoms with Crippen LogP contribution < -0.4 is 11.1 Å². The molecule has 2 aromatic rings. The molecule has 1 heterocycles. The third-order valence-corrected chi connectivity index (χ3v) is 2.93. The number of nitrogens with two attached hydrogens (primary N) is 1. The number of carbonyl (C=O) groups is 1. The molecule has 100 valence electrons. The Balaban J connectivity index is 2.20. The minimum absolute atomic E-state index is 0.188. The highest BCUT2D eigenvalue weighted by Gasteiger charge is 2.12. The number of anilines is 2. The van der Waals surface area contributed by atoms with E-state index in [0.717, 1.165) is 13.0 Å². The minimum Gasteiger partial charge on any atom is -0.397 e. The number of aryl methyl sites for hydroxylation is 1. The summed E-state index contributed by atoms with van der Waals surface area (Å²) in [6, 6.07) is 8.72. The standard InChI is InChI=1S/C14H16ClN3O/c1-2-6-18-9-11(16)8-13(18)14(19)17-12-5-3-4-10(15)7-12/h3-5,7-9H,2,6,16H2,1H3,(H,17,19). The van der Waals surface area contributed by atoms with E-state index in [1.54, 1.807) is 36.5 Å². The molecule has 0 aliphatic carbocycles. The highest BCUT2D eigenvalue weighted by Crippen LogP contribution is 2.17. The van der Waals surface area contributed by atoms with Gasteiger partial charge in [-0.3, -0.25) is 4.79 Å². The Hall–Kier alpha value is -1.94. The summed E-state index contributed by atoms with van der Waals surface area (Å²) in [6.45, 7) is 2.81. The third-order valence-electron chi connectivity index (χ3n) is 2.70. The van der Waals surface area contributed by atoms with E-state index < -0.39 is 0 Å². The lowest BCUT2D eigenvalue weighted by atomic mass is 10.3. The van der Waals surface area contributed by atoms with Crippen LogP contribution in [0, 0.1) is 0 Å². The number of rotatable bonds is 4. The summed E-state index contributed by atoms with van der Waals surface area (Å²) in [4.78, 5) is 12.2. The minimum atomic E-state index is -0.188. The summed E-state index contributed by atoms with van der Waals surface area (Å²) >= 11 is 5.88. The van der Waals surface area contributed by atoms with Crippen LogP contribution in [-0.2, 0) is 6.54 Å². The van der Waals surface area contributed by atoms with Crippen molar-refractivity contribution in [3.05, 3.63) is 47.2 Å². The van der Waals surface area contributed by atoms with Crippen molar-refractivity contribution in [2.45, 2.75) is 19.9 Å². The molecule has 0 aliphatic heterocycles. The number of benzene rings is 1. The number of hydrogen-bond acceptors (Lipinski definition) is 2. The van der Waals surface area contributed by atoms with E-state index in [-0.39, 0.29) is 5.91 Å². The van der Waals surface area contributed by atoms with E-state index in [9.17, 15) is 4.79 Å². The van der Waals surface area contributed by atoms with Crippen LogP contribution in [0.4, 0.5) is 11.4 Å². The number of carbonyl (C=O) groups excluding carboxylic acids is 1. The maximum absolute atomic E-state index is 12.2. The number of halogens is 1. The molecule has 0 spiro atoms. The Bertz CT molecular complexity index is 592. The molecular weight excluding hydrogens is 262 g/mol. The zero-order valence-corrected chi connectivity index (χ0v) is 11.4. The second kappa shape index (κ2) is 5.80. The highest BCUT2D eigenvalue weighted by atomic mass is 35.5. The second-order valence-corrected chi connectivity index (χ2v) is 4.75. The summed E-state index contributed by atoms with van der Waals surface area (Å²) in [5.41, 5.74) is 7.55. The number of nitrogens with one attached hydrogen (secondary N) is 1. The molecular formula is C14H16ClN3O. The van der Waals surface area contributed by atoms with Crippen LogP contribution in [0.15, 0.2) is 36.5 Å². The molecule has 0 unspecified atom stereocenters. The molecule has 0 atom stereocenters. The van der Waals surface area contributed by atoms with Crippen molar-refractivity contribution in [3.8, 4) is 0 Å². The lowest BCUT2D eigenvalue weighted by molar-refractivity contribution is 0.101. The van der Waals surface area contributed by atoms with Crippen molar-refractivity contribution >= 4 is 28.9 Å². The lowest BCUT2D eigenvalue weighted by Gasteiger charge is -2.08. The average Bonchev–Trinajstić information content (AvgIpc) is 2.71. The van der Waals surface area contributed by atoms with Gasteiger partial charge in [0.2, 0.25) is 0 Å². The van der Waals surface area contributed by atoms with Gasteiger partial charge in [-0.15, -0.1) is 0 Å². The van der Waals surface area contributed by atoms with E-state index in [2.05, 4.69) is 12.2 Å². The molecule has 0 saturated heterocycles. The molecule has 0 bridgehead atoms. The summed E-state index contributed by atoms with van der Waals surface area (Å²) in [7, 11) is 0. The highest BCUT2D eigenvalue weighted by molar-refractivity contribution is 6.30. The molecule has 0 fully saturated rings. The molecule has 1 amide bonds. The van der Waals surface area contributed by atoms with Gasteiger partial charge < -0.3 is 15.6 Å². The Morgan fingerprint density at radius 3 is 2.89 bits per heavy atom. The average molecular weight is 278 g/mol. The Labute approximate surface area is 117 Å². The molecule has 0 radical (unpaired) electrons. The van der Waals surface area contributed by atoms with Crippen molar-refractivity contribution in [1.29, 1.82) is 0 Å². The molecule has 4 nitrogen and oxygen atoms in total. The molecule has 0 aliphatic rings. The first-order valence-electron chi connectivity index (χ1n) is 6.12. The van der Waals surface area contributed by atoms with Gasteiger partial charge in [0.25, 0.3) is 5.91 Å². The third kappa shape index (κ3) is 3.29. The van der Waals surface area contributed by atoms with Gasteiger partial charge in [-0.1, -0.05) is 24.6 Å². The van der Waals surface area contributed by atoms with Crippen LogP contribution >= 0.6 is 11.6 Å². The van der Waals surface area contributed by atoms with Crippen molar-refractivity contribution in [2.75, 3.05) is 11.1 Å². The zero-order valence-electron chi connectivity index (χ0n) is 10.7. The Kier molecular flexibility index (Phi) is 4.12. The van der Waals surface area contributed by atoms with Gasteiger partial charge in [0.1, 0.15) is 5.69 Å². The van der Waals surface area contributed by atoms with Crippen molar-refractivity contribution in [1.82, 2.24) is 4.57 Å². The number of aromatic nitrogens is 1. The second-order valence-electron chi connectivity index (χ2n) is 4.32. The normalized spacial score (nSPS) is 10.4. The summed E-state index contributed by atoms with van der Waals surface area (Å²) < 4.78 is 1.86. The predicted molar refractivity (Wildman–Crippen MR) is 78.5 cm³/mol. The summed E-state index contributed by atoms with van der Waals surface area (Å²) in [5, 5.41) is 3.40. The van der Waals surface area contributed by atoms with Crippen molar-refractivity contribution in [3.63, 3.8) is 0 Å². The van der Waals surface area contributed by atoms with Crippen molar-refractivity contribution in [2.24, 2.45) is 0 Å². The number of hydrogen-bond donors (Lipinski definition) is 2.